The van der Waals surface area contributed by atoms with Crippen molar-refractivity contribution >= 4 is 20.3 Å². The van der Waals surface area contributed by atoms with E-state index in [0.29, 0.717) is 0 Å². The summed E-state index contributed by atoms with van der Waals surface area (Å²) in [5.74, 6) is -0.0850. The monoisotopic (exact) mass is 159 g/mol. The molecule has 0 fully saturated rings. The van der Waals surface area contributed by atoms with Gasteiger partial charge in [-0.3, -0.25) is 4.79 Å². The van der Waals surface area contributed by atoms with Crippen molar-refractivity contribution in [3.63, 3.8) is 0 Å². The zero-order valence-electron chi connectivity index (χ0n) is 6.84. The zero-order valence-corrected chi connectivity index (χ0v) is 7.84. The molecule has 0 spiro atoms. The van der Waals surface area contributed by atoms with Crippen LogP contribution < -0.4 is 0 Å². The lowest BCUT2D eigenvalue weighted by Gasteiger charge is -2.11. The summed E-state index contributed by atoms with van der Waals surface area (Å²) in [7, 11) is -1.57. The van der Waals surface area contributed by atoms with Gasteiger partial charge in [-0.2, -0.15) is 0 Å². The molecular weight excluding hydrogens is 146 g/mol. The van der Waals surface area contributed by atoms with E-state index in [0.717, 1.165) is 0 Å². The average molecular weight is 159 g/mol. The van der Waals surface area contributed by atoms with Gasteiger partial charge in [-0.1, -0.05) is 0 Å². The minimum Gasteiger partial charge on any atom is -0.456 e. The third kappa shape index (κ3) is 7.36. The normalized spacial score (nSPS) is 12.0. The fourth-order valence-corrected chi connectivity index (χ4v) is 0.628. The molecular formula is C6H13NO2Si. The number of oxime groups is 1. The summed E-state index contributed by atoms with van der Waals surface area (Å²) < 4.78 is 5.03. The Bertz CT molecular complexity index is 148. The molecule has 0 N–H and O–H groups in total. The molecule has 0 aromatic heterocycles. The highest BCUT2D eigenvalue weighted by molar-refractivity contribution is 6.69. The van der Waals surface area contributed by atoms with Crippen molar-refractivity contribution in [3.05, 3.63) is 0 Å². The molecule has 3 nitrogen and oxygen atoms in total. The summed E-state index contributed by atoms with van der Waals surface area (Å²) in [4.78, 5) is 10.3. The summed E-state index contributed by atoms with van der Waals surface area (Å²) >= 11 is 0. The lowest BCUT2D eigenvalue weighted by molar-refractivity contribution is -0.110. The van der Waals surface area contributed by atoms with Gasteiger partial charge in [0.2, 0.25) is 0 Å². The highest BCUT2D eigenvalue weighted by Gasteiger charge is 2.15. The van der Waals surface area contributed by atoms with E-state index in [9.17, 15) is 4.79 Å². The predicted octanol–water partition coefficient (Wildman–Crippen LogP) is 1.41. The molecule has 0 amide bonds. The van der Waals surface area contributed by atoms with E-state index in [-0.39, 0.29) is 5.78 Å². The maximum atomic E-state index is 10.3. The fraction of sp³-hybridized carbons (Fsp3) is 0.667. The standard InChI is InChI=1S/C6H13NO2Si/c1-6(8)5-7-9-10(2,3)4/h5H,1-4H3/b7-5+. The quantitative estimate of drug-likeness (QED) is 0.355. The van der Waals surface area contributed by atoms with Crippen LogP contribution in [0.3, 0.4) is 0 Å². The summed E-state index contributed by atoms with van der Waals surface area (Å²) in [5.41, 5.74) is 0. The van der Waals surface area contributed by atoms with Crippen molar-refractivity contribution in [3.8, 4) is 0 Å². The van der Waals surface area contributed by atoms with Crippen LogP contribution in [0.25, 0.3) is 0 Å². The third-order valence-electron chi connectivity index (χ3n) is 0.561. The minimum atomic E-state index is -1.57. The van der Waals surface area contributed by atoms with Crippen LogP contribution in [-0.2, 0) is 9.32 Å². The summed E-state index contributed by atoms with van der Waals surface area (Å²) in [5, 5.41) is 3.53. The molecule has 0 saturated carbocycles. The number of hydrogen-bond donors (Lipinski definition) is 0. The van der Waals surface area contributed by atoms with Gasteiger partial charge in [0.05, 0.1) is 0 Å². The molecule has 0 aliphatic carbocycles. The van der Waals surface area contributed by atoms with Crippen LogP contribution in [0.4, 0.5) is 0 Å². The van der Waals surface area contributed by atoms with Crippen LogP contribution >= 0.6 is 0 Å². The summed E-state index contributed by atoms with van der Waals surface area (Å²) in [6.45, 7) is 7.45. The third-order valence-corrected chi connectivity index (χ3v) is 1.21. The Morgan fingerprint density at radius 2 is 2.00 bits per heavy atom. The van der Waals surface area contributed by atoms with E-state index in [1.165, 1.54) is 13.1 Å². The number of carbonyl (C=O) groups excluding carboxylic acids is 1. The number of Topliss-reactive ketones (excluding diaryl/α,β-unsaturated/α-hetero) is 1. The first kappa shape index (κ1) is 9.36. The molecule has 0 aliphatic heterocycles. The molecule has 0 aromatic rings. The first-order chi connectivity index (χ1) is 4.42. The van der Waals surface area contributed by atoms with Gasteiger partial charge in [0, 0.05) is 6.92 Å². The van der Waals surface area contributed by atoms with E-state index >= 15 is 0 Å². The highest BCUT2D eigenvalue weighted by Crippen LogP contribution is 2.01. The molecule has 0 unspecified atom stereocenters. The van der Waals surface area contributed by atoms with Crippen LogP contribution in [0.15, 0.2) is 5.16 Å². The Balaban J connectivity index is 3.64. The first-order valence-electron chi connectivity index (χ1n) is 3.14. The van der Waals surface area contributed by atoms with Crippen LogP contribution in [-0.4, -0.2) is 20.3 Å². The van der Waals surface area contributed by atoms with Crippen LogP contribution in [0.2, 0.25) is 19.6 Å². The Labute approximate surface area is 62.2 Å². The maximum absolute atomic E-state index is 10.3. The van der Waals surface area contributed by atoms with E-state index in [2.05, 4.69) is 5.16 Å². The van der Waals surface area contributed by atoms with Gasteiger partial charge < -0.3 is 4.53 Å². The summed E-state index contributed by atoms with van der Waals surface area (Å²) in [6, 6.07) is 0. The van der Waals surface area contributed by atoms with Gasteiger partial charge in [0.15, 0.2) is 5.78 Å². The minimum absolute atomic E-state index is 0.0850. The first-order valence-corrected chi connectivity index (χ1v) is 6.55. The predicted molar refractivity (Wildman–Crippen MR) is 43.6 cm³/mol. The lowest BCUT2D eigenvalue weighted by atomic mass is 10.5. The second kappa shape index (κ2) is 3.51. The van der Waals surface area contributed by atoms with Gasteiger partial charge in [0.25, 0.3) is 8.32 Å². The molecule has 0 atom stereocenters. The molecule has 4 heteroatoms. The second-order valence-corrected chi connectivity index (χ2v) is 7.46. The second-order valence-electron chi connectivity index (χ2n) is 3.05. The topological polar surface area (TPSA) is 38.7 Å². The van der Waals surface area contributed by atoms with Gasteiger partial charge in [0.1, 0.15) is 6.21 Å². The Kier molecular flexibility index (Phi) is 3.28. The number of rotatable bonds is 3. The molecule has 0 bridgehead atoms. The largest absolute Gasteiger partial charge is 0.456 e. The number of nitrogens with zero attached hydrogens (tertiary/aromatic N) is 1. The van der Waals surface area contributed by atoms with Gasteiger partial charge in [-0.25, -0.2) is 0 Å². The van der Waals surface area contributed by atoms with Crippen molar-refractivity contribution in [2.24, 2.45) is 5.16 Å². The van der Waals surface area contributed by atoms with Crippen LogP contribution in [0, 0.1) is 0 Å². The number of carbonyl (C=O) groups is 1. The van der Waals surface area contributed by atoms with Crippen molar-refractivity contribution in [1.29, 1.82) is 0 Å². The van der Waals surface area contributed by atoms with Gasteiger partial charge >= 0.3 is 0 Å². The molecule has 0 radical (unpaired) electrons. The van der Waals surface area contributed by atoms with E-state index in [4.69, 9.17) is 4.53 Å². The molecule has 0 aliphatic rings. The maximum Gasteiger partial charge on any atom is 0.278 e. The molecule has 58 valence electrons. The lowest BCUT2D eigenvalue weighted by Crippen LogP contribution is -2.22. The van der Waals surface area contributed by atoms with Crippen molar-refractivity contribution in [2.45, 2.75) is 26.6 Å². The van der Waals surface area contributed by atoms with Crippen molar-refractivity contribution < 1.29 is 9.32 Å². The molecule has 0 rings (SSSR count). The molecule has 10 heavy (non-hydrogen) atoms. The highest BCUT2D eigenvalue weighted by atomic mass is 28.4. The smallest absolute Gasteiger partial charge is 0.278 e. The Morgan fingerprint density at radius 3 is 2.30 bits per heavy atom. The summed E-state index contributed by atoms with van der Waals surface area (Å²) in [6.07, 6.45) is 1.19. The number of ketones is 1. The molecule has 0 heterocycles. The molecule has 0 saturated heterocycles. The zero-order chi connectivity index (χ0) is 8.20. The molecule has 0 aromatic carbocycles. The SMILES string of the molecule is CC(=O)/C=N/O[Si](C)(C)C. The fourth-order valence-electron chi connectivity index (χ4n) is 0.259. The van der Waals surface area contributed by atoms with E-state index < -0.39 is 8.32 Å². The van der Waals surface area contributed by atoms with Crippen molar-refractivity contribution in [2.75, 3.05) is 0 Å². The van der Waals surface area contributed by atoms with E-state index in [1.807, 2.05) is 19.6 Å². The van der Waals surface area contributed by atoms with Gasteiger partial charge in [-0.15, -0.1) is 5.16 Å². The Hall–Kier alpha value is -0.643. The van der Waals surface area contributed by atoms with Crippen LogP contribution in [0.1, 0.15) is 6.92 Å². The Morgan fingerprint density at radius 1 is 1.50 bits per heavy atom. The average Bonchev–Trinajstić information content (AvgIpc) is 1.59. The van der Waals surface area contributed by atoms with E-state index in [1.54, 1.807) is 0 Å². The van der Waals surface area contributed by atoms with Crippen molar-refractivity contribution in [1.82, 2.24) is 0 Å². The number of hydrogen-bond acceptors (Lipinski definition) is 3. The van der Waals surface area contributed by atoms with Crippen LogP contribution in [0.5, 0.6) is 0 Å². The van der Waals surface area contributed by atoms with Gasteiger partial charge in [-0.05, 0) is 19.6 Å².